The van der Waals surface area contributed by atoms with Crippen molar-refractivity contribution in [1.82, 2.24) is 36.8 Å². The summed E-state index contributed by atoms with van der Waals surface area (Å²) in [6.07, 6.45) is 1.27. The smallest absolute Gasteiger partial charge is 0.269 e. The van der Waals surface area contributed by atoms with Gasteiger partial charge >= 0.3 is 187 Å². The number of imide groups is 1. The first-order valence-corrected chi connectivity index (χ1v) is 13.6. The number of ether oxygens (including phenoxy) is 1. The molecule has 1 heterocycles. The minimum Gasteiger partial charge on any atom is -0.269 e. The number of carbonyl (C=O) groups is 8. The summed E-state index contributed by atoms with van der Waals surface area (Å²) >= 11 is 0.551. The van der Waals surface area contributed by atoms with Gasteiger partial charge in [-0.25, -0.2) is 0 Å². The molecule has 0 saturated heterocycles. The van der Waals surface area contributed by atoms with Crippen LogP contribution in [0.3, 0.4) is 0 Å². The summed E-state index contributed by atoms with van der Waals surface area (Å²) in [5.74, 6) is -4.93. The van der Waals surface area contributed by atoms with Crippen LogP contribution in [-0.2, 0) is 43.1 Å². The maximum atomic E-state index is 12.3. The molecule has 1 rings (SSSR count). The van der Waals surface area contributed by atoms with Gasteiger partial charge in [-0.2, -0.15) is 0 Å². The van der Waals surface area contributed by atoms with E-state index in [1.165, 1.54) is 14.0 Å². The zero-order valence-electron chi connectivity index (χ0n) is 20.2. The van der Waals surface area contributed by atoms with Gasteiger partial charge < -0.3 is 0 Å². The molecule has 201 valence electrons. The molecule has 37 heavy (non-hydrogen) atoms. The Bertz CT molecular complexity index is 938. The number of hydrogen-bond acceptors (Lipinski definition) is 9. The summed E-state index contributed by atoms with van der Waals surface area (Å²) in [5.41, 5.74) is 0. The van der Waals surface area contributed by atoms with E-state index in [0.717, 1.165) is 12.2 Å². The predicted octanol–water partition coefficient (Wildman–Crippen LogP) is -5.44. The van der Waals surface area contributed by atoms with Gasteiger partial charge in [-0.1, -0.05) is 0 Å². The van der Waals surface area contributed by atoms with Crippen LogP contribution in [0.2, 0.25) is 3.98 Å². The van der Waals surface area contributed by atoms with Crippen LogP contribution in [0.1, 0.15) is 6.92 Å². The molecule has 0 bridgehead atoms. The average Bonchev–Trinajstić information content (AvgIpc) is 3.19. The molecule has 0 aromatic heterocycles. The quantitative estimate of drug-likeness (QED) is 0.0540. The van der Waals surface area contributed by atoms with Crippen molar-refractivity contribution in [3.05, 3.63) is 12.2 Å². The van der Waals surface area contributed by atoms with E-state index in [0.29, 0.717) is 34.6 Å². The van der Waals surface area contributed by atoms with Crippen molar-refractivity contribution < 1.29 is 43.1 Å². The van der Waals surface area contributed by atoms with Gasteiger partial charge in [0.15, 0.2) is 0 Å². The van der Waals surface area contributed by atoms with E-state index >= 15 is 0 Å². The Labute approximate surface area is 227 Å². The molecule has 17 heteroatoms. The minimum atomic E-state index is -0.919. The number of rotatable bonds is 15. The molecular formula is C20H28N7O9Pb. The van der Waals surface area contributed by atoms with Crippen molar-refractivity contribution in [2.45, 2.75) is 23.0 Å². The van der Waals surface area contributed by atoms with Gasteiger partial charge in [0, 0.05) is 19.2 Å². The third kappa shape index (κ3) is 11.9. The fourth-order valence-corrected chi connectivity index (χ4v) is 3.66. The summed E-state index contributed by atoms with van der Waals surface area (Å²) < 4.78 is 5.44. The molecule has 0 fully saturated rings. The van der Waals surface area contributed by atoms with Gasteiger partial charge in [-0.05, 0) is 0 Å². The van der Waals surface area contributed by atoms with Crippen LogP contribution in [0, 0.1) is 0 Å². The van der Waals surface area contributed by atoms with Crippen LogP contribution in [0.5, 0.6) is 0 Å². The molecule has 0 aromatic rings. The number of amides is 8. The number of nitrogens with one attached hydrogen (secondary N) is 6. The average molecular weight is 718 g/mol. The van der Waals surface area contributed by atoms with Crippen molar-refractivity contribution in [3.63, 3.8) is 0 Å². The Morgan fingerprint density at radius 3 is 1.97 bits per heavy atom. The zero-order valence-corrected chi connectivity index (χ0v) is 24.1. The topological polar surface area (TPSA) is 221 Å². The fourth-order valence-electron chi connectivity index (χ4n) is 2.54. The first-order valence-electron chi connectivity index (χ1n) is 10.9. The molecule has 1 aliphatic heterocycles. The molecule has 2 unspecified atom stereocenters. The van der Waals surface area contributed by atoms with E-state index in [-0.39, 0.29) is 19.2 Å². The summed E-state index contributed by atoms with van der Waals surface area (Å²) in [6.45, 7) is -0.642. The van der Waals surface area contributed by atoms with E-state index in [2.05, 4.69) is 31.9 Å². The van der Waals surface area contributed by atoms with E-state index in [9.17, 15) is 38.4 Å². The van der Waals surface area contributed by atoms with Crippen molar-refractivity contribution in [3.8, 4) is 0 Å². The van der Waals surface area contributed by atoms with Gasteiger partial charge in [-0.15, -0.1) is 0 Å². The number of hydrogen-bond donors (Lipinski definition) is 6. The molecule has 1 aliphatic rings. The van der Waals surface area contributed by atoms with Crippen molar-refractivity contribution in [1.29, 1.82) is 0 Å². The van der Waals surface area contributed by atoms with Crippen LogP contribution in [0.25, 0.3) is 0 Å². The Hall–Kier alpha value is -3.42. The molecule has 0 aliphatic carbocycles. The van der Waals surface area contributed by atoms with Crippen molar-refractivity contribution >= 4 is 73.0 Å². The van der Waals surface area contributed by atoms with Gasteiger partial charge in [0.25, 0.3) is 11.8 Å². The van der Waals surface area contributed by atoms with Gasteiger partial charge in [-0.3, -0.25) is 9.59 Å². The first kappa shape index (κ1) is 31.6. The first-order chi connectivity index (χ1) is 17.5. The molecule has 0 saturated carbocycles. The summed E-state index contributed by atoms with van der Waals surface area (Å²) in [5, 5.41) is 14.1. The molecule has 6 N–H and O–H groups in total. The Morgan fingerprint density at radius 2 is 1.38 bits per heavy atom. The van der Waals surface area contributed by atoms with Crippen molar-refractivity contribution in [2.75, 3.05) is 40.0 Å². The maximum absolute atomic E-state index is 12.3. The Balaban J connectivity index is 2.28. The second kappa shape index (κ2) is 16.4. The van der Waals surface area contributed by atoms with E-state index < -0.39 is 73.1 Å². The molecular weight excluding hydrogens is 689 g/mol. The van der Waals surface area contributed by atoms with Crippen LogP contribution in [0.4, 0.5) is 0 Å². The van der Waals surface area contributed by atoms with Crippen LogP contribution in [-0.4, -0.2) is 130 Å². The standard InChI is InChI=1S/C20H28N7O9.Pb/c1-11(19(34)24-7-14(29)25-10-36-12(2)20(35)21-3)26-15(30)8-22-13(28)6-23-16(31)9-27-17(32)4-5-18(27)33;/h4-5,11-12H,1,6-10H2,2-3H3,(H,21,35)(H,22,28)(H,23,31)(H,24,34)(H,25,29)(H,26,30);. The number of likely N-dealkylation sites (N-methyl/N-ethyl adjacent to an activating group) is 1. The molecule has 2 atom stereocenters. The third-order valence-electron chi connectivity index (χ3n) is 4.59. The summed E-state index contributed by atoms with van der Waals surface area (Å²) in [4.78, 5) is 94.7. The zero-order chi connectivity index (χ0) is 28.0. The normalized spacial score (nSPS) is 13.9. The van der Waals surface area contributed by atoms with E-state index in [1.54, 1.807) is 0 Å². The van der Waals surface area contributed by atoms with E-state index in [1.807, 2.05) is 0 Å². The van der Waals surface area contributed by atoms with E-state index in [4.69, 9.17) is 4.74 Å². The predicted molar refractivity (Wildman–Crippen MR) is 125 cm³/mol. The minimum absolute atomic E-state index is 0.240. The van der Waals surface area contributed by atoms with Crippen LogP contribution < -0.4 is 31.9 Å². The van der Waals surface area contributed by atoms with Gasteiger partial charge in [0.05, 0.1) is 0 Å². The second-order valence-corrected chi connectivity index (χ2v) is 8.95. The molecule has 0 aromatic carbocycles. The summed E-state index contributed by atoms with van der Waals surface area (Å²) in [7, 11) is 1.45. The SMILES string of the molecule is CNC(=O)C(C)OCNC(=O)CNC(=O)C([CH2][Pb])NC(=O)CNC(=O)CNC(=O)CN1C(=O)C=CC1=O. The Kier molecular flexibility index (Phi) is 14.0. The third-order valence-corrected chi connectivity index (χ3v) is 6.18. The monoisotopic (exact) mass is 718 g/mol. The van der Waals surface area contributed by atoms with Gasteiger partial charge in [0.1, 0.15) is 0 Å². The molecule has 3 radical (unpaired) electrons. The summed E-state index contributed by atoms with van der Waals surface area (Å²) in [6, 6.07) is -0.919. The molecule has 16 nitrogen and oxygen atoms in total. The molecule has 0 spiro atoms. The van der Waals surface area contributed by atoms with Crippen molar-refractivity contribution in [2.24, 2.45) is 0 Å². The number of carbonyl (C=O) groups excluding carboxylic acids is 8. The van der Waals surface area contributed by atoms with Gasteiger partial charge in [0.2, 0.25) is 0 Å². The fraction of sp³-hybridized carbons (Fsp3) is 0.500. The molecule has 8 amide bonds. The van der Waals surface area contributed by atoms with Crippen LogP contribution in [0.15, 0.2) is 12.2 Å². The second-order valence-electron chi connectivity index (χ2n) is 7.36. The Morgan fingerprint density at radius 1 is 0.838 bits per heavy atom. The number of nitrogens with zero attached hydrogens (tertiary/aromatic N) is 1. The van der Waals surface area contributed by atoms with Crippen LogP contribution >= 0.6 is 0 Å².